The molecule has 0 bridgehead atoms. The van der Waals surface area contributed by atoms with Crippen LogP contribution >= 0.6 is 31.9 Å². The van der Waals surface area contributed by atoms with Gasteiger partial charge in [-0.1, -0.05) is 38.8 Å². The monoisotopic (exact) mass is 243 g/mol. The normalized spacial score (nSPS) is 17.4. The van der Waals surface area contributed by atoms with Gasteiger partial charge in [0.15, 0.2) is 0 Å². The average molecular weight is 245 g/mol. The molecule has 0 saturated heterocycles. The second kappa shape index (κ2) is 3.45. The summed E-state index contributed by atoms with van der Waals surface area (Å²) in [6, 6.07) is 0. The van der Waals surface area contributed by atoms with E-state index >= 15 is 0 Å². The highest BCUT2D eigenvalue weighted by Gasteiger charge is 2.15. The molecule has 0 rings (SSSR count). The lowest BCUT2D eigenvalue weighted by Gasteiger charge is -2.05. The highest BCUT2D eigenvalue weighted by atomic mass is 79.9. The van der Waals surface area contributed by atoms with Gasteiger partial charge in [0.2, 0.25) is 5.91 Å². The highest BCUT2D eigenvalue weighted by Crippen LogP contribution is 2.11. The number of amides is 1. The Morgan fingerprint density at radius 2 is 2.00 bits per heavy atom. The number of primary amides is 1. The summed E-state index contributed by atoms with van der Waals surface area (Å²) in [4.78, 5) is 10.1. The zero-order valence-electron chi connectivity index (χ0n) is 4.40. The van der Waals surface area contributed by atoms with Crippen molar-refractivity contribution in [3.63, 3.8) is 0 Å². The van der Waals surface area contributed by atoms with Crippen molar-refractivity contribution in [3.8, 4) is 0 Å². The van der Waals surface area contributed by atoms with Crippen LogP contribution in [-0.2, 0) is 4.79 Å². The van der Waals surface area contributed by atoms with Crippen molar-refractivity contribution in [1.29, 1.82) is 0 Å². The molecule has 0 aromatic rings. The second-order valence-corrected chi connectivity index (χ2v) is 3.91. The largest absolute Gasteiger partial charge is 0.369 e. The zero-order valence-corrected chi connectivity index (χ0v) is 7.57. The quantitative estimate of drug-likeness (QED) is 0.725. The molecule has 0 aliphatic heterocycles. The summed E-state index contributed by atoms with van der Waals surface area (Å²) in [5.41, 5.74) is 4.92. The molecule has 0 spiro atoms. The van der Waals surface area contributed by atoms with Crippen LogP contribution in [0.2, 0.25) is 0 Å². The van der Waals surface area contributed by atoms with Crippen molar-refractivity contribution < 1.29 is 4.79 Å². The molecule has 2 nitrogen and oxygen atoms in total. The van der Waals surface area contributed by atoms with Gasteiger partial charge in [-0.15, -0.1) is 0 Å². The molecular formula is C4H7Br2NO. The minimum atomic E-state index is -0.339. The first-order chi connectivity index (χ1) is 3.55. The van der Waals surface area contributed by atoms with Gasteiger partial charge in [-0.25, -0.2) is 0 Å². The number of halogens is 2. The molecule has 8 heavy (non-hydrogen) atoms. The number of hydrogen-bond acceptors (Lipinski definition) is 1. The number of nitrogens with two attached hydrogens (primary N) is 1. The van der Waals surface area contributed by atoms with Crippen LogP contribution in [0.3, 0.4) is 0 Å². The topological polar surface area (TPSA) is 43.1 Å². The predicted molar refractivity (Wildman–Crippen MR) is 40.3 cm³/mol. The number of rotatable bonds is 2. The van der Waals surface area contributed by atoms with Gasteiger partial charge in [0.05, 0.1) is 0 Å². The summed E-state index contributed by atoms with van der Waals surface area (Å²) < 4.78 is 0. The Balaban J connectivity index is 3.64. The Kier molecular flexibility index (Phi) is 3.64. The Hall–Kier alpha value is 0.430. The summed E-state index contributed by atoms with van der Waals surface area (Å²) >= 11 is 6.28. The average Bonchev–Trinajstić information content (AvgIpc) is 1.64. The molecule has 0 radical (unpaired) electrons. The second-order valence-electron chi connectivity index (χ2n) is 1.48. The van der Waals surface area contributed by atoms with E-state index in [-0.39, 0.29) is 15.6 Å². The SMILES string of the molecule is C[C@@H](Br)[C@@H](Br)C(N)=O. The van der Waals surface area contributed by atoms with E-state index in [9.17, 15) is 4.79 Å². The van der Waals surface area contributed by atoms with Crippen LogP contribution in [0, 0.1) is 0 Å². The Morgan fingerprint density at radius 3 is 2.00 bits per heavy atom. The van der Waals surface area contributed by atoms with E-state index in [0.717, 1.165) is 0 Å². The van der Waals surface area contributed by atoms with E-state index in [1.54, 1.807) is 0 Å². The molecule has 0 saturated carbocycles. The minimum absolute atomic E-state index is 0.0972. The van der Waals surface area contributed by atoms with E-state index in [1.807, 2.05) is 6.92 Å². The van der Waals surface area contributed by atoms with Crippen LogP contribution in [0.1, 0.15) is 6.92 Å². The highest BCUT2D eigenvalue weighted by molar-refractivity contribution is 9.12. The van der Waals surface area contributed by atoms with Crippen LogP contribution in [0.25, 0.3) is 0 Å². The van der Waals surface area contributed by atoms with Crippen molar-refractivity contribution in [2.24, 2.45) is 5.73 Å². The maximum absolute atomic E-state index is 10.3. The van der Waals surface area contributed by atoms with Crippen molar-refractivity contribution in [3.05, 3.63) is 0 Å². The van der Waals surface area contributed by atoms with Crippen molar-refractivity contribution in [2.45, 2.75) is 16.6 Å². The standard InChI is InChI=1S/C4H7Br2NO/c1-2(5)3(6)4(7)8/h2-3H,1H3,(H2,7,8)/t2-,3-/m1/s1. The van der Waals surface area contributed by atoms with Gasteiger partial charge in [0.1, 0.15) is 4.83 Å². The lowest BCUT2D eigenvalue weighted by molar-refractivity contribution is -0.117. The molecule has 0 aliphatic carbocycles. The number of carbonyl (C=O) groups is 1. The molecule has 0 aliphatic rings. The van der Waals surface area contributed by atoms with E-state index < -0.39 is 0 Å². The first-order valence-corrected chi connectivity index (χ1v) is 3.96. The summed E-state index contributed by atoms with van der Waals surface area (Å²) in [5, 5.41) is 0. The van der Waals surface area contributed by atoms with E-state index in [0.29, 0.717) is 0 Å². The zero-order chi connectivity index (χ0) is 6.73. The van der Waals surface area contributed by atoms with Crippen LogP contribution in [-0.4, -0.2) is 15.6 Å². The van der Waals surface area contributed by atoms with Crippen LogP contribution in [0.5, 0.6) is 0 Å². The maximum Gasteiger partial charge on any atom is 0.232 e. The maximum atomic E-state index is 10.3. The van der Waals surface area contributed by atoms with Gasteiger partial charge in [-0.2, -0.15) is 0 Å². The third-order valence-electron chi connectivity index (χ3n) is 0.675. The number of hydrogen-bond donors (Lipinski definition) is 1. The molecule has 4 heteroatoms. The van der Waals surface area contributed by atoms with Gasteiger partial charge < -0.3 is 5.73 Å². The number of carbonyl (C=O) groups excluding carboxylic acids is 1. The molecule has 48 valence electrons. The lowest BCUT2D eigenvalue weighted by atomic mass is 10.3. The summed E-state index contributed by atoms with van der Waals surface area (Å²) in [6.45, 7) is 1.85. The fourth-order valence-corrected chi connectivity index (χ4v) is 0.487. The van der Waals surface area contributed by atoms with Crippen molar-refractivity contribution in [2.75, 3.05) is 0 Å². The Morgan fingerprint density at radius 1 is 1.62 bits per heavy atom. The first-order valence-electron chi connectivity index (χ1n) is 2.13. The fraction of sp³-hybridized carbons (Fsp3) is 0.750. The van der Waals surface area contributed by atoms with Crippen molar-refractivity contribution >= 4 is 37.8 Å². The Labute approximate surface area is 65.1 Å². The van der Waals surface area contributed by atoms with Crippen LogP contribution < -0.4 is 5.73 Å². The summed E-state index contributed by atoms with van der Waals surface area (Å²) in [6.07, 6.45) is 0. The van der Waals surface area contributed by atoms with Crippen molar-refractivity contribution in [1.82, 2.24) is 0 Å². The molecule has 2 atom stereocenters. The third kappa shape index (κ3) is 2.67. The molecular weight excluding hydrogens is 238 g/mol. The van der Waals surface area contributed by atoms with E-state index in [4.69, 9.17) is 5.73 Å². The first kappa shape index (κ1) is 8.43. The molecule has 1 amide bonds. The van der Waals surface area contributed by atoms with Gasteiger partial charge in [0, 0.05) is 4.83 Å². The van der Waals surface area contributed by atoms with Gasteiger partial charge in [0.25, 0.3) is 0 Å². The molecule has 0 fully saturated rings. The number of alkyl halides is 2. The predicted octanol–water partition coefficient (Wildman–Crippen LogP) is 1.02. The summed E-state index contributed by atoms with van der Waals surface area (Å²) in [5.74, 6) is -0.339. The van der Waals surface area contributed by atoms with Gasteiger partial charge in [-0.3, -0.25) is 4.79 Å². The molecule has 0 aromatic carbocycles. The Bertz CT molecular complexity index is 94.0. The van der Waals surface area contributed by atoms with E-state index in [1.165, 1.54) is 0 Å². The van der Waals surface area contributed by atoms with Gasteiger partial charge >= 0.3 is 0 Å². The van der Waals surface area contributed by atoms with Crippen LogP contribution in [0.4, 0.5) is 0 Å². The summed E-state index contributed by atoms with van der Waals surface area (Å²) in [7, 11) is 0. The lowest BCUT2D eigenvalue weighted by Crippen LogP contribution is -2.28. The van der Waals surface area contributed by atoms with Crippen LogP contribution in [0.15, 0.2) is 0 Å². The molecule has 0 heterocycles. The molecule has 0 unspecified atom stereocenters. The van der Waals surface area contributed by atoms with Gasteiger partial charge in [-0.05, 0) is 0 Å². The molecule has 2 N–H and O–H groups in total. The van der Waals surface area contributed by atoms with E-state index in [2.05, 4.69) is 31.9 Å². The fourth-order valence-electron chi connectivity index (χ4n) is 0.226. The smallest absolute Gasteiger partial charge is 0.232 e. The molecule has 0 aromatic heterocycles. The third-order valence-corrected chi connectivity index (χ3v) is 3.16. The minimum Gasteiger partial charge on any atom is -0.369 e.